The van der Waals surface area contributed by atoms with E-state index in [-0.39, 0.29) is 18.4 Å². The number of carbonyl (C=O) groups is 3. The van der Waals surface area contributed by atoms with Crippen LogP contribution >= 0.6 is 23.2 Å². The largest absolute Gasteiger partial charge is 0.459 e. The first-order chi connectivity index (χ1) is 11.3. The van der Waals surface area contributed by atoms with Crippen molar-refractivity contribution in [1.82, 2.24) is 10.2 Å². The number of imide groups is 1. The molecule has 8 heteroatoms. The lowest BCUT2D eigenvalue weighted by atomic mass is 9.96. The van der Waals surface area contributed by atoms with Crippen LogP contribution in [0.3, 0.4) is 0 Å². The minimum atomic E-state index is -0.906. The summed E-state index contributed by atoms with van der Waals surface area (Å²) in [4.78, 5) is 37.3. The molecule has 1 saturated carbocycles. The summed E-state index contributed by atoms with van der Waals surface area (Å²) in [6.45, 7) is 1.22. The first-order valence-corrected chi connectivity index (χ1v) is 8.30. The van der Waals surface area contributed by atoms with Crippen molar-refractivity contribution in [2.45, 2.75) is 31.9 Å². The molecule has 3 rings (SSSR count). The Morgan fingerprint density at radius 1 is 1.38 bits per heavy atom. The van der Waals surface area contributed by atoms with Crippen molar-refractivity contribution >= 4 is 41.1 Å². The van der Waals surface area contributed by atoms with Crippen LogP contribution in [0, 0.1) is 5.92 Å². The molecule has 3 amide bonds. The average Bonchev–Trinajstić information content (AvgIpc) is 3.33. The zero-order valence-electron chi connectivity index (χ0n) is 13.0. The van der Waals surface area contributed by atoms with E-state index in [1.807, 2.05) is 0 Å². The zero-order valence-corrected chi connectivity index (χ0v) is 14.5. The highest BCUT2D eigenvalue weighted by atomic mass is 35.5. The van der Waals surface area contributed by atoms with Gasteiger partial charge < -0.3 is 10.1 Å². The van der Waals surface area contributed by atoms with E-state index < -0.39 is 24.1 Å². The molecule has 1 aromatic carbocycles. The van der Waals surface area contributed by atoms with Gasteiger partial charge in [-0.3, -0.25) is 14.5 Å². The monoisotopic (exact) mass is 370 g/mol. The predicted molar refractivity (Wildman–Crippen MR) is 87.6 cm³/mol. The summed E-state index contributed by atoms with van der Waals surface area (Å²) in [5.74, 6) is -0.913. The van der Waals surface area contributed by atoms with Gasteiger partial charge in [0.15, 0.2) is 0 Å². The fourth-order valence-corrected chi connectivity index (χ4v) is 3.23. The molecule has 1 heterocycles. The molecule has 24 heavy (non-hydrogen) atoms. The molecule has 6 nitrogen and oxygen atoms in total. The summed E-state index contributed by atoms with van der Waals surface area (Å²) in [7, 11) is 0. The fourth-order valence-electron chi connectivity index (χ4n) is 2.77. The van der Waals surface area contributed by atoms with Gasteiger partial charge in [0.2, 0.25) is 0 Å². The lowest BCUT2D eigenvalue weighted by molar-refractivity contribution is -0.148. The van der Waals surface area contributed by atoms with E-state index in [1.54, 1.807) is 25.1 Å². The van der Waals surface area contributed by atoms with Crippen LogP contribution in [0.15, 0.2) is 18.2 Å². The van der Waals surface area contributed by atoms with E-state index in [1.165, 1.54) is 0 Å². The molecular formula is C16H16Cl2N2O4. The second-order valence-electron chi connectivity index (χ2n) is 6.19. The molecule has 1 aliphatic carbocycles. The SMILES string of the molecule is C[C@]1(C2CC2)NC(=O)N(CC(=O)OCc2ccc(Cl)cc2Cl)C1=O. The first-order valence-electron chi connectivity index (χ1n) is 7.55. The van der Waals surface area contributed by atoms with Crippen molar-refractivity contribution in [3.63, 3.8) is 0 Å². The van der Waals surface area contributed by atoms with Gasteiger partial charge in [-0.25, -0.2) is 4.79 Å². The number of halogens is 2. The van der Waals surface area contributed by atoms with Gasteiger partial charge in [0.05, 0.1) is 0 Å². The summed E-state index contributed by atoms with van der Waals surface area (Å²) in [6, 6.07) is 4.27. The quantitative estimate of drug-likeness (QED) is 0.638. The molecule has 128 valence electrons. The van der Waals surface area contributed by atoms with E-state index in [0.717, 1.165) is 17.7 Å². The van der Waals surface area contributed by atoms with Gasteiger partial charge in [0.1, 0.15) is 18.7 Å². The molecule has 2 fully saturated rings. The molecular weight excluding hydrogens is 355 g/mol. The third-order valence-corrected chi connectivity index (χ3v) is 4.97. The van der Waals surface area contributed by atoms with Crippen molar-refractivity contribution in [1.29, 1.82) is 0 Å². The Balaban J connectivity index is 1.58. The maximum Gasteiger partial charge on any atom is 0.326 e. The standard InChI is InChI=1S/C16H16Cl2N2O4/c1-16(10-3-4-10)14(22)20(15(23)19-16)7-13(21)24-8-9-2-5-11(17)6-12(9)18/h2,5-6,10H,3-4,7-8H2,1H3,(H,19,23)/t16-/m1/s1. The molecule has 1 aliphatic heterocycles. The topological polar surface area (TPSA) is 75.7 Å². The lowest BCUT2D eigenvalue weighted by Crippen LogP contribution is -2.46. The van der Waals surface area contributed by atoms with E-state index in [4.69, 9.17) is 27.9 Å². The van der Waals surface area contributed by atoms with E-state index >= 15 is 0 Å². The van der Waals surface area contributed by atoms with Gasteiger partial charge >= 0.3 is 12.0 Å². The third kappa shape index (κ3) is 3.21. The van der Waals surface area contributed by atoms with Crippen LogP contribution in [0.5, 0.6) is 0 Å². The van der Waals surface area contributed by atoms with Crippen LogP contribution in [-0.2, 0) is 20.9 Å². The van der Waals surface area contributed by atoms with Crippen LogP contribution in [0.25, 0.3) is 0 Å². The Morgan fingerprint density at radius 3 is 2.71 bits per heavy atom. The molecule has 0 spiro atoms. The number of amides is 3. The van der Waals surface area contributed by atoms with Crippen LogP contribution in [0.1, 0.15) is 25.3 Å². The Bertz CT molecular complexity index is 720. The predicted octanol–water partition coefficient (Wildman–Crippen LogP) is 2.76. The second kappa shape index (κ2) is 6.26. The Morgan fingerprint density at radius 2 is 2.08 bits per heavy atom. The number of rotatable bonds is 5. The van der Waals surface area contributed by atoms with Gasteiger partial charge in [-0.2, -0.15) is 0 Å². The number of hydrogen-bond acceptors (Lipinski definition) is 4. The van der Waals surface area contributed by atoms with E-state index in [9.17, 15) is 14.4 Å². The zero-order chi connectivity index (χ0) is 17.5. The molecule has 1 N–H and O–H groups in total. The normalized spacial score (nSPS) is 23.4. The highest BCUT2D eigenvalue weighted by molar-refractivity contribution is 6.35. The molecule has 1 atom stereocenters. The molecule has 1 saturated heterocycles. The summed E-state index contributed by atoms with van der Waals surface area (Å²) in [5.41, 5.74) is -0.314. The minimum absolute atomic E-state index is 0.0572. The smallest absolute Gasteiger partial charge is 0.326 e. The highest BCUT2D eigenvalue weighted by Crippen LogP contribution is 2.42. The number of esters is 1. The van der Waals surface area contributed by atoms with Crippen molar-refractivity contribution in [3.8, 4) is 0 Å². The van der Waals surface area contributed by atoms with Crippen molar-refractivity contribution in [3.05, 3.63) is 33.8 Å². The van der Waals surface area contributed by atoms with Gasteiger partial charge in [-0.1, -0.05) is 29.3 Å². The molecule has 2 aliphatic rings. The summed E-state index contributed by atoms with van der Waals surface area (Å²) in [5, 5.41) is 3.54. The number of ether oxygens (including phenoxy) is 1. The van der Waals surface area contributed by atoms with E-state index in [2.05, 4.69) is 5.32 Å². The molecule has 1 aromatic rings. The molecule has 0 aromatic heterocycles. The summed E-state index contributed by atoms with van der Waals surface area (Å²) >= 11 is 11.8. The van der Waals surface area contributed by atoms with Gasteiger partial charge in [-0.15, -0.1) is 0 Å². The Hall–Kier alpha value is -1.79. The fraction of sp³-hybridized carbons (Fsp3) is 0.438. The molecule has 0 radical (unpaired) electrons. The first kappa shape index (κ1) is 17.0. The van der Waals surface area contributed by atoms with Crippen molar-refractivity contribution in [2.24, 2.45) is 5.92 Å². The van der Waals surface area contributed by atoms with Crippen molar-refractivity contribution in [2.75, 3.05) is 6.54 Å². The minimum Gasteiger partial charge on any atom is -0.459 e. The highest BCUT2D eigenvalue weighted by Gasteiger charge is 2.56. The van der Waals surface area contributed by atoms with Crippen LogP contribution < -0.4 is 5.32 Å². The maximum absolute atomic E-state index is 12.4. The van der Waals surface area contributed by atoms with Crippen molar-refractivity contribution < 1.29 is 19.1 Å². The summed E-state index contributed by atoms with van der Waals surface area (Å²) < 4.78 is 5.11. The number of nitrogens with zero attached hydrogens (tertiary/aromatic N) is 1. The lowest BCUT2D eigenvalue weighted by Gasteiger charge is -2.20. The van der Waals surface area contributed by atoms with Crippen LogP contribution in [-0.4, -0.2) is 34.9 Å². The Kier molecular flexibility index (Phi) is 4.44. The number of nitrogens with one attached hydrogen (secondary N) is 1. The Labute approximate surface area is 149 Å². The van der Waals surface area contributed by atoms with Gasteiger partial charge in [-0.05, 0) is 37.8 Å². The molecule has 0 unspecified atom stereocenters. The van der Waals surface area contributed by atoms with Crippen LogP contribution in [0.4, 0.5) is 4.79 Å². The summed E-state index contributed by atoms with van der Waals surface area (Å²) in [6.07, 6.45) is 1.80. The average molecular weight is 371 g/mol. The third-order valence-electron chi connectivity index (χ3n) is 4.39. The number of hydrogen-bond donors (Lipinski definition) is 1. The number of urea groups is 1. The number of carbonyl (C=O) groups excluding carboxylic acids is 3. The maximum atomic E-state index is 12.4. The van der Waals surface area contributed by atoms with Gasteiger partial charge in [0.25, 0.3) is 5.91 Å². The number of benzene rings is 1. The second-order valence-corrected chi connectivity index (χ2v) is 7.04. The van der Waals surface area contributed by atoms with Crippen LogP contribution in [0.2, 0.25) is 10.0 Å². The van der Waals surface area contributed by atoms with E-state index in [0.29, 0.717) is 15.6 Å². The van der Waals surface area contributed by atoms with Gasteiger partial charge in [0, 0.05) is 15.6 Å². The molecule has 0 bridgehead atoms.